The Morgan fingerprint density at radius 3 is 2.39 bits per heavy atom. The first kappa shape index (κ1) is 19.4. The van der Waals surface area contributed by atoms with E-state index in [-0.39, 0.29) is 30.7 Å². The Labute approximate surface area is 121 Å². The van der Waals surface area contributed by atoms with Crippen molar-refractivity contribution in [2.75, 3.05) is 25.0 Å². The van der Waals surface area contributed by atoms with Crippen molar-refractivity contribution >= 4 is 36.4 Å². The number of nitrogens with zero attached hydrogens (tertiary/aromatic N) is 1. The molecule has 0 saturated heterocycles. The van der Waals surface area contributed by atoms with Gasteiger partial charge in [0.25, 0.3) is 0 Å². The van der Waals surface area contributed by atoms with Crippen molar-refractivity contribution in [2.24, 2.45) is 5.73 Å². The molecule has 0 spiro atoms. The third-order valence-electron chi connectivity index (χ3n) is 2.36. The maximum absolute atomic E-state index is 11.2. The van der Waals surface area contributed by atoms with Gasteiger partial charge < -0.3 is 16.0 Å². The molecule has 0 aliphatic carbocycles. The second kappa shape index (κ2) is 10.00. The number of likely N-dealkylation sites (N-methyl/N-ethyl adjacent to an activating group) is 1. The lowest BCUT2D eigenvalue weighted by Crippen LogP contribution is -2.41. The van der Waals surface area contributed by atoms with Crippen molar-refractivity contribution in [2.45, 2.75) is 13.0 Å². The van der Waals surface area contributed by atoms with E-state index in [1.807, 2.05) is 37.4 Å². The van der Waals surface area contributed by atoms with Crippen molar-refractivity contribution in [3.8, 4) is 0 Å². The molecule has 0 fully saturated rings. The van der Waals surface area contributed by atoms with Crippen molar-refractivity contribution in [3.63, 3.8) is 0 Å². The number of hydrogen-bond acceptors (Lipinski definition) is 3. The Morgan fingerprint density at radius 2 is 1.89 bits per heavy atom. The Balaban J connectivity index is 0. The normalized spacial score (nSPS) is 10.6. The summed E-state index contributed by atoms with van der Waals surface area (Å²) in [5.74, 6) is -0.110. The van der Waals surface area contributed by atoms with Crippen LogP contribution in [0.15, 0.2) is 30.3 Å². The summed E-state index contributed by atoms with van der Waals surface area (Å²) in [6, 6.07) is 9.59. The molecule has 104 valence electrons. The van der Waals surface area contributed by atoms with Gasteiger partial charge in [-0.2, -0.15) is 0 Å². The molecule has 6 heteroatoms. The topological polar surface area (TPSA) is 58.4 Å². The van der Waals surface area contributed by atoms with E-state index in [2.05, 4.69) is 10.2 Å². The number of carbonyl (C=O) groups is 1. The van der Waals surface area contributed by atoms with E-state index < -0.39 is 6.04 Å². The lowest BCUT2D eigenvalue weighted by Gasteiger charge is -2.19. The number of para-hydroxylation sites is 1. The number of carbonyl (C=O) groups excluding carboxylic acids is 1. The summed E-state index contributed by atoms with van der Waals surface area (Å²) < 4.78 is 0. The van der Waals surface area contributed by atoms with Crippen LogP contribution >= 0.6 is 24.8 Å². The van der Waals surface area contributed by atoms with Crippen molar-refractivity contribution in [1.82, 2.24) is 5.32 Å². The minimum Gasteiger partial charge on any atom is -0.373 e. The number of nitrogens with one attached hydrogen (secondary N) is 1. The van der Waals surface area contributed by atoms with Crippen molar-refractivity contribution < 1.29 is 4.79 Å². The largest absolute Gasteiger partial charge is 0.373 e. The fourth-order valence-electron chi connectivity index (χ4n) is 1.32. The molecule has 18 heavy (non-hydrogen) atoms. The molecular weight excluding hydrogens is 273 g/mol. The van der Waals surface area contributed by atoms with Crippen molar-refractivity contribution in [3.05, 3.63) is 30.3 Å². The van der Waals surface area contributed by atoms with Crippen molar-refractivity contribution in [1.29, 1.82) is 0 Å². The van der Waals surface area contributed by atoms with E-state index in [0.717, 1.165) is 12.2 Å². The van der Waals surface area contributed by atoms with Crippen LogP contribution < -0.4 is 16.0 Å². The van der Waals surface area contributed by atoms with Crippen LogP contribution in [0.5, 0.6) is 0 Å². The molecule has 0 bridgehead atoms. The fraction of sp³-hybridized carbons (Fsp3) is 0.417. The van der Waals surface area contributed by atoms with E-state index in [0.29, 0.717) is 6.54 Å². The average molecular weight is 294 g/mol. The van der Waals surface area contributed by atoms with E-state index in [1.54, 1.807) is 6.92 Å². The SMILES string of the molecule is C[C@H](N)C(=O)NCCN(C)c1ccccc1.Cl.Cl. The first-order chi connectivity index (χ1) is 7.61. The summed E-state index contributed by atoms with van der Waals surface area (Å²) in [6.45, 7) is 3.05. The van der Waals surface area contributed by atoms with E-state index in [9.17, 15) is 4.79 Å². The molecule has 1 rings (SSSR count). The quantitative estimate of drug-likeness (QED) is 0.863. The minimum absolute atomic E-state index is 0. The highest BCUT2D eigenvalue weighted by molar-refractivity contribution is 5.85. The number of benzene rings is 1. The molecule has 1 aromatic carbocycles. The summed E-state index contributed by atoms with van der Waals surface area (Å²) in [5, 5.41) is 2.78. The molecule has 3 N–H and O–H groups in total. The van der Waals surface area contributed by atoms with Gasteiger partial charge in [-0.25, -0.2) is 0 Å². The van der Waals surface area contributed by atoms with Gasteiger partial charge in [0.1, 0.15) is 0 Å². The Bertz CT molecular complexity index is 333. The van der Waals surface area contributed by atoms with E-state index in [4.69, 9.17) is 5.73 Å². The predicted octanol–water partition coefficient (Wildman–Crippen LogP) is 1.43. The molecule has 1 aromatic rings. The minimum atomic E-state index is -0.443. The molecule has 4 nitrogen and oxygen atoms in total. The fourth-order valence-corrected chi connectivity index (χ4v) is 1.32. The highest BCUT2D eigenvalue weighted by Crippen LogP contribution is 2.09. The zero-order chi connectivity index (χ0) is 12.0. The first-order valence-electron chi connectivity index (χ1n) is 5.40. The summed E-state index contributed by atoms with van der Waals surface area (Å²) in [6.07, 6.45) is 0. The molecule has 1 atom stereocenters. The molecule has 0 heterocycles. The van der Waals surface area contributed by atoms with Gasteiger partial charge in [0.2, 0.25) is 5.91 Å². The molecule has 0 aliphatic rings. The molecule has 0 aromatic heterocycles. The third-order valence-corrected chi connectivity index (χ3v) is 2.36. The van der Waals surface area contributed by atoms with Crippen LogP contribution in [0, 0.1) is 0 Å². The zero-order valence-electron chi connectivity index (χ0n) is 10.6. The second-order valence-corrected chi connectivity index (χ2v) is 3.84. The highest BCUT2D eigenvalue weighted by atomic mass is 35.5. The third kappa shape index (κ3) is 6.69. The van der Waals surface area contributed by atoms with Gasteiger partial charge >= 0.3 is 0 Å². The molecule has 0 saturated carbocycles. The van der Waals surface area contributed by atoms with Crippen LogP contribution in [0.25, 0.3) is 0 Å². The van der Waals surface area contributed by atoms with Crippen LogP contribution in [0.1, 0.15) is 6.92 Å². The number of anilines is 1. The summed E-state index contributed by atoms with van der Waals surface area (Å²) in [5.41, 5.74) is 6.57. The number of halogens is 2. The number of amides is 1. The zero-order valence-corrected chi connectivity index (χ0v) is 12.3. The molecule has 0 radical (unpaired) electrons. The van der Waals surface area contributed by atoms with Crippen LogP contribution in [-0.2, 0) is 4.79 Å². The number of nitrogens with two attached hydrogens (primary N) is 1. The van der Waals surface area contributed by atoms with Gasteiger partial charge in [-0.05, 0) is 19.1 Å². The van der Waals surface area contributed by atoms with Gasteiger partial charge in [-0.3, -0.25) is 4.79 Å². The Kier molecular flexibility index (Phi) is 10.8. The van der Waals surface area contributed by atoms with Gasteiger partial charge in [0.15, 0.2) is 0 Å². The molecule has 1 amide bonds. The lowest BCUT2D eigenvalue weighted by atomic mass is 10.3. The van der Waals surface area contributed by atoms with Crippen LogP contribution in [0.3, 0.4) is 0 Å². The van der Waals surface area contributed by atoms with Gasteiger partial charge in [-0.1, -0.05) is 18.2 Å². The average Bonchev–Trinajstić information content (AvgIpc) is 2.29. The number of rotatable bonds is 5. The maximum Gasteiger partial charge on any atom is 0.236 e. The maximum atomic E-state index is 11.2. The van der Waals surface area contributed by atoms with Gasteiger partial charge in [0.05, 0.1) is 6.04 Å². The smallest absolute Gasteiger partial charge is 0.236 e. The molecule has 0 aliphatic heterocycles. The first-order valence-corrected chi connectivity index (χ1v) is 5.40. The number of hydrogen-bond donors (Lipinski definition) is 2. The van der Waals surface area contributed by atoms with E-state index in [1.165, 1.54) is 0 Å². The standard InChI is InChI=1S/C12H19N3O.2ClH/c1-10(13)12(16)14-8-9-15(2)11-6-4-3-5-7-11;;/h3-7,10H,8-9,13H2,1-2H3,(H,14,16);2*1H/t10-;;/m0../s1. The van der Waals surface area contributed by atoms with Crippen LogP contribution in [-0.4, -0.2) is 32.1 Å². The lowest BCUT2D eigenvalue weighted by molar-refractivity contribution is -0.121. The van der Waals surface area contributed by atoms with Crippen LogP contribution in [0.2, 0.25) is 0 Å². The van der Waals surface area contributed by atoms with Crippen LogP contribution in [0.4, 0.5) is 5.69 Å². The summed E-state index contributed by atoms with van der Waals surface area (Å²) >= 11 is 0. The summed E-state index contributed by atoms with van der Waals surface area (Å²) in [4.78, 5) is 13.3. The molecule has 0 unspecified atom stereocenters. The van der Waals surface area contributed by atoms with Gasteiger partial charge in [0, 0.05) is 25.8 Å². The Hall–Kier alpha value is -0.970. The summed E-state index contributed by atoms with van der Waals surface area (Å²) in [7, 11) is 1.99. The van der Waals surface area contributed by atoms with Gasteiger partial charge in [-0.15, -0.1) is 24.8 Å². The highest BCUT2D eigenvalue weighted by Gasteiger charge is 2.06. The predicted molar refractivity (Wildman–Crippen MR) is 80.9 cm³/mol. The van der Waals surface area contributed by atoms with E-state index >= 15 is 0 Å². The monoisotopic (exact) mass is 293 g/mol. The second-order valence-electron chi connectivity index (χ2n) is 3.84. The Morgan fingerprint density at radius 1 is 1.33 bits per heavy atom. The molecular formula is C12H21Cl2N3O.